The number of rotatable bonds is 13. The van der Waals surface area contributed by atoms with E-state index < -0.39 is 28.5 Å². The van der Waals surface area contributed by atoms with Crippen LogP contribution in [0.15, 0.2) is 108 Å². The summed E-state index contributed by atoms with van der Waals surface area (Å²) in [6.07, 6.45) is 0.204. The molecule has 1 unspecified atom stereocenters. The quantitative estimate of drug-likeness (QED) is 0.161. The van der Waals surface area contributed by atoms with E-state index in [2.05, 4.69) is 5.32 Å². The number of carbonyl (C=O) groups is 2. The summed E-state index contributed by atoms with van der Waals surface area (Å²) >= 11 is 18.7. The second kappa shape index (κ2) is 15.6. The minimum Gasteiger partial charge on any atom is -0.354 e. The van der Waals surface area contributed by atoms with Gasteiger partial charge in [-0.25, -0.2) is 8.42 Å². The van der Waals surface area contributed by atoms with Crippen LogP contribution in [0.5, 0.6) is 0 Å². The normalized spacial score (nSPS) is 12.0. The lowest BCUT2D eigenvalue weighted by molar-refractivity contribution is -0.140. The summed E-state index contributed by atoms with van der Waals surface area (Å²) in [5.41, 5.74) is 1.66. The maximum absolute atomic E-state index is 14.5. The van der Waals surface area contributed by atoms with E-state index in [1.807, 2.05) is 44.2 Å². The second-order valence-electron chi connectivity index (χ2n) is 10.9. The van der Waals surface area contributed by atoms with Gasteiger partial charge in [0, 0.05) is 24.5 Å². The highest BCUT2D eigenvalue weighted by Gasteiger charge is 2.34. The largest absolute Gasteiger partial charge is 0.354 e. The molecular weight excluding hydrogens is 653 g/mol. The first-order chi connectivity index (χ1) is 21.5. The zero-order chi connectivity index (χ0) is 32.6. The van der Waals surface area contributed by atoms with E-state index in [1.165, 1.54) is 35.2 Å². The molecule has 0 aliphatic carbocycles. The molecule has 11 heteroatoms. The third-order valence-electron chi connectivity index (χ3n) is 7.00. The Bertz CT molecular complexity index is 1720. The van der Waals surface area contributed by atoms with Gasteiger partial charge in [-0.3, -0.25) is 13.9 Å². The topological polar surface area (TPSA) is 86.8 Å². The molecule has 0 radical (unpaired) electrons. The van der Waals surface area contributed by atoms with Gasteiger partial charge in [0.05, 0.1) is 20.6 Å². The molecule has 4 rings (SSSR count). The average Bonchev–Trinajstić information content (AvgIpc) is 3.02. The van der Waals surface area contributed by atoms with E-state index in [0.717, 1.165) is 9.87 Å². The third-order valence-corrected chi connectivity index (χ3v) is 9.76. The number of sulfonamides is 1. The van der Waals surface area contributed by atoms with E-state index in [4.69, 9.17) is 34.8 Å². The Morgan fingerprint density at radius 1 is 0.778 bits per heavy atom. The van der Waals surface area contributed by atoms with E-state index in [-0.39, 0.29) is 45.4 Å². The van der Waals surface area contributed by atoms with Crippen molar-refractivity contribution in [1.82, 2.24) is 10.2 Å². The lowest BCUT2D eigenvalue weighted by Gasteiger charge is -2.34. The van der Waals surface area contributed by atoms with Crippen LogP contribution in [0, 0.1) is 5.92 Å². The molecule has 1 N–H and O–H groups in total. The first-order valence-electron chi connectivity index (χ1n) is 14.3. The second-order valence-corrected chi connectivity index (χ2v) is 14.0. The Morgan fingerprint density at radius 3 is 2.04 bits per heavy atom. The lowest BCUT2D eigenvalue weighted by Crippen LogP contribution is -2.53. The number of carbonyl (C=O) groups excluding carboxylic acids is 2. The van der Waals surface area contributed by atoms with E-state index in [9.17, 15) is 18.0 Å². The summed E-state index contributed by atoms with van der Waals surface area (Å²) < 4.78 is 29.1. The summed E-state index contributed by atoms with van der Waals surface area (Å²) in [6.45, 7) is 3.75. The average molecular weight is 687 g/mol. The molecule has 4 aromatic carbocycles. The van der Waals surface area contributed by atoms with Crippen LogP contribution < -0.4 is 9.62 Å². The summed E-state index contributed by atoms with van der Waals surface area (Å²) in [5, 5.41) is 3.79. The van der Waals surface area contributed by atoms with Crippen LogP contribution in [0.1, 0.15) is 25.0 Å². The molecule has 4 aromatic rings. The Balaban J connectivity index is 1.81. The fraction of sp³-hybridized carbons (Fsp3) is 0.235. The summed E-state index contributed by atoms with van der Waals surface area (Å²) in [4.78, 5) is 29.7. The fourth-order valence-electron chi connectivity index (χ4n) is 4.70. The highest BCUT2D eigenvalue weighted by molar-refractivity contribution is 7.92. The monoisotopic (exact) mass is 685 g/mol. The van der Waals surface area contributed by atoms with E-state index >= 15 is 0 Å². The first kappa shape index (κ1) is 34.3. The number of benzene rings is 4. The highest BCUT2D eigenvalue weighted by Crippen LogP contribution is 2.31. The summed E-state index contributed by atoms with van der Waals surface area (Å²) in [6, 6.07) is 27.5. The van der Waals surface area contributed by atoms with Crippen molar-refractivity contribution in [1.29, 1.82) is 0 Å². The minimum atomic E-state index is -4.26. The number of amides is 2. The molecule has 0 aliphatic heterocycles. The standard InChI is InChI=1S/C34H34Cl3N3O4S/c1-24(2)21-38-34(42)32(19-25-10-5-3-6-11-25)39(22-26-12-9-13-27(35)18-26)33(41)23-40(28-16-17-30(36)31(37)20-28)45(43,44)29-14-7-4-8-15-29/h3-18,20,24,32H,19,21-23H2,1-2H3,(H,38,42). The van der Waals surface area contributed by atoms with Crippen LogP contribution in [0.2, 0.25) is 15.1 Å². The molecule has 1 atom stereocenters. The number of halogens is 3. The van der Waals surface area contributed by atoms with Gasteiger partial charge in [-0.1, -0.05) is 109 Å². The van der Waals surface area contributed by atoms with Crippen molar-refractivity contribution in [2.24, 2.45) is 5.92 Å². The third kappa shape index (κ3) is 9.23. The number of nitrogens with one attached hydrogen (secondary N) is 1. The predicted molar refractivity (Wildman–Crippen MR) is 181 cm³/mol. The van der Waals surface area contributed by atoms with Crippen LogP contribution >= 0.6 is 34.8 Å². The van der Waals surface area contributed by atoms with Gasteiger partial charge in [0.15, 0.2) is 0 Å². The number of anilines is 1. The van der Waals surface area contributed by atoms with Gasteiger partial charge < -0.3 is 10.2 Å². The van der Waals surface area contributed by atoms with Gasteiger partial charge in [-0.15, -0.1) is 0 Å². The molecule has 45 heavy (non-hydrogen) atoms. The van der Waals surface area contributed by atoms with Gasteiger partial charge in [-0.2, -0.15) is 0 Å². The maximum Gasteiger partial charge on any atom is 0.264 e. The minimum absolute atomic E-state index is 0.00654. The number of hydrogen-bond acceptors (Lipinski definition) is 4. The molecule has 0 aliphatic rings. The maximum atomic E-state index is 14.5. The first-order valence-corrected chi connectivity index (χ1v) is 16.9. The smallest absolute Gasteiger partial charge is 0.264 e. The van der Waals surface area contributed by atoms with Crippen molar-refractivity contribution in [3.05, 3.63) is 129 Å². The van der Waals surface area contributed by atoms with Crippen molar-refractivity contribution in [2.75, 3.05) is 17.4 Å². The Hall–Kier alpha value is -3.56. The molecule has 236 valence electrons. The fourth-order valence-corrected chi connectivity index (χ4v) is 6.63. The summed E-state index contributed by atoms with van der Waals surface area (Å²) in [5.74, 6) is -0.777. The number of nitrogens with zero attached hydrogens (tertiary/aromatic N) is 2. The van der Waals surface area contributed by atoms with Crippen LogP contribution in [-0.2, 0) is 32.6 Å². The van der Waals surface area contributed by atoms with Crippen LogP contribution in [0.4, 0.5) is 5.69 Å². The molecule has 0 spiro atoms. The van der Waals surface area contributed by atoms with Crippen LogP contribution in [0.25, 0.3) is 0 Å². The van der Waals surface area contributed by atoms with Crippen molar-refractivity contribution >= 4 is 62.3 Å². The van der Waals surface area contributed by atoms with Gasteiger partial charge in [0.1, 0.15) is 12.6 Å². The van der Waals surface area contributed by atoms with Gasteiger partial charge in [0.2, 0.25) is 11.8 Å². The number of hydrogen-bond donors (Lipinski definition) is 1. The van der Waals surface area contributed by atoms with Crippen molar-refractivity contribution in [2.45, 2.75) is 37.8 Å². The molecule has 0 aromatic heterocycles. The Kier molecular flexibility index (Phi) is 11.9. The molecule has 0 saturated carbocycles. The zero-order valence-electron chi connectivity index (χ0n) is 24.9. The molecule has 0 saturated heterocycles. The molecule has 7 nitrogen and oxygen atoms in total. The van der Waals surface area contributed by atoms with E-state index in [1.54, 1.807) is 42.5 Å². The van der Waals surface area contributed by atoms with Gasteiger partial charge >= 0.3 is 0 Å². The molecule has 0 fully saturated rings. The SMILES string of the molecule is CC(C)CNC(=O)C(Cc1ccccc1)N(Cc1cccc(Cl)c1)C(=O)CN(c1ccc(Cl)c(Cl)c1)S(=O)(=O)c1ccccc1. The summed E-state index contributed by atoms with van der Waals surface area (Å²) in [7, 11) is -4.26. The van der Waals surface area contributed by atoms with Crippen molar-refractivity contribution in [3.8, 4) is 0 Å². The Morgan fingerprint density at radius 2 is 1.42 bits per heavy atom. The molecule has 0 bridgehead atoms. The molecule has 2 amide bonds. The highest BCUT2D eigenvalue weighted by atomic mass is 35.5. The molecule has 0 heterocycles. The molecular formula is C34H34Cl3N3O4S. The van der Waals surface area contributed by atoms with Crippen molar-refractivity contribution in [3.63, 3.8) is 0 Å². The van der Waals surface area contributed by atoms with Crippen LogP contribution in [-0.4, -0.2) is 44.3 Å². The Labute approximate surface area is 279 Å². The van der Waals surface area contributed by atoms with Gasteiger partial charge in [-0.05, 0) is 59.5 Å². The van der Waals surface area contributed by atoms with Crippen molar-refractivity contribution < 1.29 is 18.0 Å². The van der Waals surface area contributed by atoms with Gasteiger partial charge in [0.25, 0.3) is 10.0 Å². The lowest BCUT2D eigenvalue weighted by atomic mass is 10.0. The predicted octanol–water partition coefficient (Wildman–Crippen LogP) is 7.25. The van der Waals surface area contributed by atoms with E-state index in [0.29, 0.717) is 17.1 Å². The van der Waals surface area contributed by atoms with Crippen LogP contribution in [0.3, 0.4) is 0 Å². The zero-order valence-corrected chi connectivity index (χ0v) is 28.0.